The Morgan fingerprint density at radius 3 is 1.83 bits per heavy atom. The zero-order valence-electron chi connectivity index (χ0n) is 26.4. The van der Waals surface area contributed by atoms with Gasteiger partial charge in [0.05, 0.1) is 16.7 Å². The lowest BCUT2D eigenvalue weighted by molar-refractivity contribution is 1.25. The summed E-state index contributed by atoms with van der Waals surface area (Å²) in [5, 5.41) is 5.01. The van der Waals surface area contributed by atoms with Crippen LogP contribution in [0.2, 0.25) is 0 Å². The highest BCUT2D eigenvalue weighted by atomic mass is 14.8. The molecule has 2 heteroatoms. The molecular weight excluding hydrogens is 556 g/mol. The molecule has 9 rings (SSSR count). The molecule has 2 aromatic heterocycles. The molecule has 0 saturated carbocycles. The molecular formula is C44H32N2. The molecule has 218 valence electrons. The molecule has 0 radical (unpaired) electrons. The smallest absolute Gasteiger partial charge is 0.0975 e. The molecule has 2 nitrogen and oxygen atoms in total. The van der Waals surface area contributed by atoms with Crippen molar-refractivity contribution in [3.63, 3.8) is 0 Å². The van der Waals surface area contributed by atoms with Crippen LogP contribution in [0.25, 0.3) is 88.3 Å². The van der Waals surface area contributed by atoms with Crippen molar-refractivity contribution in [3.8, 4) is 55.8 Å². The molecule has 0 fully saturated rings. The quantitative estimate of drug-likeness (QED) is 0.192. The summed E-state index contributed by atoms with van der Waals surface area (Å²) in [6, 6.07) is 42.3. The number of aryl methyl sites for hydroxylation is 3. The van der Waals surface area contributed by atoms with Crippen LogP contribution in [0.15, 0.2) is 121 Å². The van der Waals surface area contributed by atoms with E-state index in [0.29, 0.717) is 0 Å². The zero-order chi connectivity index (χ0) is 31.1. The van der Waals surface area contributed by atoms with Crippen LogP contribution < -0.4 is 0 Å². The van der Waals surface area contributed by atoms with Gasteiger partial charge >= 0.3 is 0 Å². The molecule has 0 amide bonds. The lowest BCUT2D eigenvalue weighted by Gasteiger charge is -2.15. The molecule has 0 atom stereocenters. The molecule has 1 aliphatic carbocycles. The third-order valence-corrected chi connectivity index (χ3v) is 10.3. The predicted octanol–water partition coefficient (Wildman–Crippen LogP) is 11.8. The van der Waals surface area contributed by atoms with Crippen LogP contribution in [0, 0.1) is 27.7 Å². The Labute approximate surface area is 269 Å². The first-order valence-electron chi connectivity index (χ1n) is 16.0. The van der Waals surface area contributed by atoms with E-state index in [0.717, 1.165) is 22.3 Å². The number of hydrogen-bond acceptors (Lipinski definition) is 2. The SMILES string of the molecule is Cc1cnc2c(ccc3c(C)c(C)c(-c4ccc(-c5cccc(-c6ccc7c8c(cccc68)-c6ccccc6-7)c5)cc4)nc32)c1C. The topological polar surface area (TPSA) is 25.8 Å². The molecule has 8 aromatic rings. The van der Waals surface area contributed by atoms with Gasteiger partial charge in [0.1, 0.15) is 0 Å². The summed E-state index contributed by atoms with van der Waals surface area (Å²) in [6.07, 6.45) is 1.97. The van der Waals surface area contributed by atoms with Gasteiger partial charge in [-0.05, 0) is 111 Å². The van der Waals surface area contributed by atoms with Crippen molar-refractivity contribution in [2.75, 3.05) is 0 Å². The highest BCUT2D eigenvalue weighted by molar-refractivity contribution is 6.18. The van der Waals surface area contributed by atoms with Gasteiger partial charge in [0, 0.05) is 22.5 Å². The van der Waals surface area contributed by atoms with Crippen LogP contribution in [-0.2, 0) is 0 Å². The van der Waals surface area contributed by atoms with Gasteiger partial charge < -0.3 is 0 Å². The minimum atomic E-state index is 0.976. The van der Waals surface area contributed by atoms with Crippen molar-refractivity contribution < 1.29 is 0 Å². The fourth-order valence-corrected chi connectivity index (χ4v) is 7.50. The van der Waals surface area contributed by atoms with Crippen molar-refractivity contribution in [3.05, 3.63) is 144 Å². The normalized spacial score (nSPS) is 11.9. The molecule has 0 N–H and O–H groups in total. The number of benzene rings is 6. The van der Waals surface area contributed by atoms with E-state index in [1.54, 1.807) is 0 Å². The van der Waals surface area contributed by atoms with Crippen molar-refractivity contribution >= 4 is 32.6 Å². The summed E-state index contributed by atoms with van der Waals surface area (Å²) in [5.41, 5.74) is 19.2. The zero-order valence-corrected chi connectivity index (χ0v) is 26.4. The van der Waals surface area contributed by atoms with E-state index < -0.39 is 0 Å². The lowest BCUT2D eigenvalue weighted by atomic mass is 9.92. The van der Waals surface area contributed by atoms with Crippen LogP contribution in [0.5, 0.6) is 0 Å². The Kier molecular flexibility index (Phi) is 5.79. The molecule has 0 saturated heterocycles. The van der Waals surface area contributed by atoms with E-state index in [-0.39, 0.29) is 0 Å². The Hall–Kier alpha value is -5.60. The number of nitrogens with zero attached hydrogens (tertiary/aromatic N) is 2. The van der Waals surface area contributed by atoms with Gasteiger partial charge in [-0.3, -0.25) is 4.98 Å². The van der Waals surface area contributed by atoms with Gasteiger partial charge in [0.15, 0.2) is 0 Å². The largest absolute Gasteiger partial charge is 0.254 e. The molecule has 1 aliphatic rings. The van der Waals surface area contributed by atoms with Gasteiger partial charge in [0.25, 0.3) is 0 Å². The maximum absolute atomic E-state index is 5.26. The minimum absolute atomic E-state index is 0.976. The van der Waals surface area contributed by atoms with Crippen LogP contribution in [-0.4, -0.2) is 9.97 Å². The molecule has 0 aliphatic heterocycles. The Balaban J connectivity index is 1.12. The van der Waals surface area contributed by atoms with Crippen LogP contribution in [0.4, 0.5) is 0 Å². The number of aromatic nitrogens is 2. The van der Waals surface area contributed by atoms with Crippen LogP contribution >= 0.6 is 0 Å². The third-order valence-electron chi connectivity index (χ3n) is 10.3. The van der Waals surface area contributed by atoms with Gasteiger partial charge in [-0.1, -0.05) is 109 Å². The lowest BCUT2D eigenvalue weighted by Crippen LogP contribution is -1.97. The van der Waals surface area contributed by atoms with Gasteiger partial charge in [0.2, 0.25) is 0 Å². The number of hydrogen-bond donors (Lipinski definition) is 0. The summed E-state index contributed by atoms with van der Waals surface area (Å²) in [5.74, 6) is 0. The highest BCUT2D eigenvalue weighted by Crippen LogP contribution is 2.49. The average molecular weight is 589 g/mol. The maximum Gasteiger partial charge on any atom is 0.0975 e. The van der Waals surface area contributed by atoms with Crippen molar-refractivity contribution in [1.82, 2.24) is 9.97 Å². The minimum Gasteiger partial charge on any atom is -0.254 e. The second-order valence-electron chi connectivity index (χ2n) is 12.7. The Morgan fingerprint density at radius 1 is 0.413 bits per heavy atom. The first-order valence-corrected chi connectivity index (χ1v) is 16.0. The third kappa shape index (κ3) is 3.83. The van der Waals surface area contributed by atoms with E-state index in [1.165, 1.54) is 88.3 Å². The Bertz CT molecular complexity index is 2530. The number of rotatable bonds is 3. The Morgan fingerprint density at radius 2 is 1.04 bits per heavy atom. The van der Waals surface area contributed by atoms with Crippen molar-refractivity contribution in [1.29, 1.82) is 0 Å². The van der Waals surface area contributed by atoms with Crippen LogP contribution in [0.1, 0.15) is 22.3 Å². The van der Waals surface area contributed by atoms with Gasteiger partial charge in [-0.2, -0.15) is 0 Å². The van der Waals surface area contributed by atoms with E-state index >= 15 is 0 Å². The predicted molar refractivity (Wildman–Crippen MR) is 194 cm³/mol. The second-order valence-corrected chi connectivity index (χ2v) is 12.7. The van der Waals surface area contributed by atoms with Crippen LogP contribution in [0.3, 0.4) is 0 Å². The fraction of sp³-hybridized carbons (Fsp3) is 0.0909. The van der Waals surface area contributed by atoms with E-state index in [2.05, 4.69) is 143 Å². The van der Waals surface area contributed by atoms with E-state index in [4.69, 9.17) is 9.97 Å². The monoisotopic (exact) mass is 588 g/mol. The molecule has 46 heavy (non-hydrogen) atoms. The van der Waals surface area contributed by atoms with Crippen molar-refractivity contribution in [2.24, 2.45) is 0 Å². The molecule has 2 heterocycles. The van der Waals surface area contributed by atoms with Crippen molar-refractivity contribution in [2.45, 2.75) is 27.7 Å². The summed E-state index contributed by atoms with van der Waals surface area (Å²) in [4.78, 5) is 10.1. The molecule has 6 aromatic carbocycles. The summed E-state index contributed by atoms with van der Waals surface area (Å²) < 4.78 is 0. The average Bonchev–Trinajstić information content (AvgIpc) is 3.43. The summed E-state index contributed by atoms with van der Waals surface area (Å²) in [6.45, 7) is 8.68. The standard InChI is InChI=1S/C44H32N2/c1-25-24-45-43-33(26(25)2)19-20-34-27(3)28(4)42(46-44(34)43)30-17-15-29(16-18-30)31-9-7-10-32(23-31)35-21-22-40-37-12-6-5-11-36(37)39-14-8-13-38(35)41(39)40/h5-24H,1-4H3. The van der Waals surface area contributed by atoms with Gasteiger partial charge in [-0.15, -0.1) is 0 Å². The maximum atomic E-state index is 5.26. The van der Waals surface area contributed by atoms with E-state index in [1.807, 2.05) is 6.20 Å². The van der Waals surface area contributed by atoms with E-state index in [9.17, 15) is 0 Å². The fourth-order valence-electron chi connectivity index (χ4n) is 7.50. The number of fused-ring (bicyclic) bond motifs is 6. The number of pyridine rings is 2. The molecule has 0 unspecified atom stereocenters. The summed E-state index contributed by atoms with van der Waals surface area (Å²) in [7, 11) is 0. The highest BCUT2D eigenvalue weighted by Gasteiger charge is 2.22. The second kappa shape index (κ2) is 9.95. The summed E-state index contributed by atoms with van der Waals surface area (Å²) >= 11 is 0. The first-order chi connectivity index (χ1) is 22.5. The molecule has 0 spiro atoms. The molecule has 0 bridgehead atoms. The van der Waals surface area contributed by atoms with Gasteiger partial charge in [-0.25, -0.2) is 4.98 Å². The first kappa shape index (κ1) is 26.8.